The van der Waals surface area contributed by atoms with Crippen LogP contribution in [0.4, 0.5) is 69.2 Å². The number of alkyl halides is 11. The van der Waals surface area contributed by atoms with Gasteiger partial charge in [0.25, 0.3) is 0 Å². The number of hydrogen-bond donors (Lipinski definition) is 0. The smallest absolute Gasteiger partial charge is 0.398 e. The molecular weight excluding hydrogens is 528 g/mol. The topological polar surface area (TPSA) is 52.6 Å². The van der Waals surface area contributed by atoms with E-state index in [0.717, 1.165) is 0 Å². The lowest BCUT2D eigenvalue weighted by Gasteiger charge is -2.40. The third-order valence-electron chi connectivity index (χ3n) is 2.52. The van der Waals surface area contributed by atoms with E-state index in [2.05, 4.69) is 0 Å². The minimum Gasteiger partial charge on any atom is -0.398 e. The highest BCUT2D eigenvalue weighted by Gasteiger charge is 2.87. The van der Waals surface area contributed by atoms with Crippen molar-refractivity contribution in [3.05, 3.63) is 12.1 Å². The molecule has 0 radical (unpaired) electrons. The van der Waals surface area contributed by atoms with E-state index >= 15 is 0 Å². The van der Waals surface area contributed by atoms with Gasteiger partial charge in [0, 0.05) is 0 Å². The van der Waals surface area contributed by atoms with Gasteiger partial charge in [-0.2, -0.15) is 73.8 Å². The van der Waals surface area contributed by atoms with Gasteiger partial charge in [-0.25, -0.2) is 0 Å². The molecule has 0 spiro atoms. The summed E-state index contributed by atoms with van der Waals surface area (Å²) in [6, 6.07) is -4.15. The van der Waals surface area contributed by atoms with Crippen molar-refractivity contribution in [1.29, 1.82) is 0 Å². The van der Waals surface area contributed by atoms with Gasteiger partial charge in [0.2, 0.25) is 0 Å². The maximum absolute atomic E-state index is 14.0. The molecule has 1 atom stereocenters. The van der Waals surface area contributed by atoms with Crippen LogP contribution in [0.3, 0.4) is 0 Å². The zero-order valence-corrected chi connectivity index (χ0v) is 14.1. The first-order valence-electron chi connectivity index (χ1n) is 5.76. The van der Waals surface area contributed by atoms with Gasteiger partial charge in [0.1, 0.15) is 12.1 Å². The predicted molar refractivity (Wildman–Crippen MR) is 59.8 cm³/mol. The van der Waals surface area contributed by atoms with Crippen molar-refractivity contribution < 1.29 is 87.1 Å². The second-order valence-electron chi connectivity index (χ2n) is 4.49. The van der Waals surface area contributed by atoms with Crippen molar-refractivity contribution in [2.75, 3.05) is 0 Å². The summed E-state index contributed by atoms with van der Waals surface area (Å²) in [5.74, 6) is -15.8. The maximum atomic E-state index is 14.0. The van der Waals surface area contributed by atoms with Crippen molar-refractivity contribution in [1.82, 2.24) is 0 Å². The van der Waals surface area contributed by atoms with E-state index in [-0.39, 0.29) is 0 Å². The van der Waals surface area contributed by atoms with Gasteiger partial charge in [0.05, 0.1) is 0 Å². The Morgan fingerprint density at radius 1 is 0.767 bits per heavy atom. The minimum absolute atomic E-state index is 1.43. The highest BCUT2D eigenvalue weighted by Crippen LogP contribution is 2.59. The Morgan fingerprint density at radius 2 is 1.17 bits per heavy atom. The molecule has 0 heterocycles. The summed E-state index contributed by atoms with van der Waals surface area (Å²) in [6.07, 6.45) is -19.5. The Kier molecular flexibility index (Phi) is 7.63. The molecule has 0 aromatic heterocycles. The summed E-state index contributed by atoms with van der Waals surface area (Å²) in [6.45, 7) is 0. The SMILES string of the molecule is O=S(=O)(F)C(F)(F)C(F)(F)OC(F)(C(F)(F)OC(F)=C(F)F)C(F)(F)C(F)(F)SF. The molecule has 0 rings (SSSR count). The molecule has 0 aliphatic heterocycles. The van der Waals surface area contributed by atoms with Gasteiger partial charge >= 0.3 is 56.8 Å². The fourth-order valence-electron chi connectivity index (χ4n) is 1.14. The highest BCUT2D eigenvalue weighted by molar-refractivity contribution is 7.95. The largest absolute Gasteiger partial charge is 0.468 e. The minimum atomic E-state index is -8.08. The lowest BCUT2D eigenvalue weighted by molar-refractivity contribution is -0.504. The van der Waals surface area contributed by atoms with Crippen LogP contribution < -0.4 is 0 Å². The molecule has 0 aromatic rings. The molecule has 1 unspecified atom stereocenters. The van der Waals surface area contributed by atoms with E-state index in [1.807, 2.05) is 0 Å². The quantitative estimate of drug-likeness (QED) is 0.209. The zero-order valence-electron chi connectivity index (χ0n) is 12.5. The van der Waals surface area contributed by atoms with Crippen LogP contribution in [0.15, 0.2) is 12.1 Å². The van der Waals surface area contributed by atoms with E-state index < -0.39 is 69.0 Å². The van der Waals surface area contributed by atoms with E-state index in [0.29, 0.717) is 0 Å². The van der Waals surface area contributed by atoms with Crippen LogP contribution in [-0.2, 0) is 19.7 Å². The van der Waals surface area contributed by atoms with E-state index in [1.165, 1.54) is 4.74 Å². The molecule has 22 heteroatoms. The van der Waals surface area contributed by atoms with Crippen LogP contribution in [-0.4, -0.2) is 42.9 Å². The van der Waals surface area contributed by atoms with Crippen LogP contribution in [0.25, 0.3) is 0 Å². The molecule has 0 aromatic carbocycles. The van der Waals surface area contributed by atoms with Crippen LogP contribution in [0, 0.1) is 0 Å². The lowest BCUT2D eigenvalue weighted by atomic mass is 10.1. The molecule has 0 N–H and O–H groups in total. The van der Waals surface area contributed by atoms with Crippen molar-refractivity contribution in [2.45, 2.75) is 34.5 Å². The summed E-state index contributed by atoms with van der Waals surface area (Å²) in [5.41, 5.74) is 0. The Bertz CT molecular complexity index is 774. The molecule has 4 nitrogen and oxygen atoms in total. The summed E-state index contributed by atoms with van der Waals surface area (Å²) in [4.78, 5) is 0. The van der Waals surface area contributed by atoms with Gasteiger partial charge in [-0.05, 0) is 0 Å². The second-order valence-corrected chi connectivity index (χ2v) is 6.55. The number of rotatable bonds is 10. The van der Waals surface area contributed by atoms with Crippen molar-refractivity contribution in [2.24, 2.45) is 0 Å². The van der Waals surface area contributed by atoms with Crippen molar-refractivity contribution in [3.8, 4) is 0 Å². The zero-order chi connectivity index (χ0) is 24.8. The molecule has 0 saturated heterocycles. The van der Waals surface area contributed by atoms with Crippen molar-refractivity contribution >= 4 is 22.4 Å². The first-order chi connectivity index (χ1) is 12.8. The molecule has 0 aliphatic rings. The lowest BCUT2D eigenvalue weighted by Crippen LogP contribution is -2.69. The summed E-state index contributed by atoms with van der Waals surface area (Å²) < 4.78 is 228. The predicted octanol–water partition coefficient (Wildman–Crippen LogP) is 5.64. The summed E-state index contributed by atoms with van der Waals surface area (Å²) in [7, 11) is -8.08. The Hall–Kier alpha value is -1.32. The molecule has 30 heavy (non-hydrogen) atoms. The highest BCUT2D eigenvalue weighted by atomic mass is 32.3. The number of hydrogen-bond acceptors (Lipinski definition) is 5. The summed E-state index contributed by atoms with van der Waals surface area (Å²) in [5, 5.41) is -14.6. The standard InChI is InChI=1S/C8F16O4S2/c9-1(10)2(11)27-5(15,16)4(14,3(12,13)7(19,20)29-23)28-6(17,18)8(21,22)30(24,25)26. The Morgan fingerprint density at radius 3 is 1.47 bits per heavy atom. The number of ether oxygens (including phenoxy) is 2. The molecule has 180 valence electrons. The van der Waals surface area contributed by atoms with E-state index in [4.69, 9.17) is 0 Å². The average molecular weight is 528 g/mol. The second kappa shape index (κ2) is 7.98. The molecule has 0 fully saturated rings. The monoisotopic (exact) mass is 528 g/mol. The first-order valence-corrected chi connectivity index (χ1v) is 7.86. The van der Waals surface area contributed by atoms with Gasteiger partial charge in [-0.15, -0.1) is 0 Å². The van der Waals surface area contributed by atoms with Crippen LogP contribution >= 0.6 is 12.1 Å². The molecule has 0 aliphatic carbocycles. The first kappa shape index (κ1) is 28.7. The van der Waals surface area contributed by atoms with Gasteiger partial charge in [0.15, 0.2) is 0 Å². The number of halogens is 16. The van der Waals surface area contributed by atoms with Crippen molar-refractivity contribution in [3.63, 3.8) is 0 Å². The third kappa shape index (κ3) is 4.62. The fraction of sp³-hybridized carbons (Fsp3) is 0.750. The van der Waals surface area contributed by atoms with E-state index in [1.54, 1.807) is 4.74 Å². The normalized spacial score (nSPS) is 16.8. The maximum Gasteiger partial charge on any atom is 0.468 e. The van der Waals surface area contributed by atoms with Crippen LogP contribution in [0.1, 0.15) is 0 Å². The molecule has 0 bridgehead atoms. The average Bonchev–Trinajstić information content (AvgIpc) is 2.51. The Balaban J connectivity index is 6.95. The molecule has 0 saturated carbocycles. The fourth-order valence-corrected chi connectivity index (χ4v) is 1.69. The van der Waals surface area contributed by atoms with E-state index in [9.17, 15) is 77.7 Å². The third-order valence-corrected chi connectivity index (χ3v) is 3.82. The molecule has 0 amide bonds. The summed E-state index contributed by atoms with van der Waals surface area (Å²) >= 11 is -3.13. The Labute approximate surface area is 157 Å². The van der Waals surface area contributed by atoms with Gasteiger partial charge in [-0.3, -0.25) is 4.74 Å². The van der Waals surface area contributed by atoms with Crippen LogP contribution in [0.2, 0.25) is 0 Å². The van der Waals surface area contributed by atoms with Gasteiger partial charge < -0.3 is 4.74 Å². The van der Waals surface area contributed by atoms with Crippen LogP contribution in [0.5, 0.6) is 0 Å². The van der Waals surface area contributed by atoms with Gasteiger partial charge in [-0.1, -0.05) is 3.89 Å². The molecular formula is C8F16O4S2.